The lowest BCUT2D eigenvalue weighted by Crippen LogP contribution is -2.25. The van der Waals surface area contributed by atoms with Gasteiger partial charge in [0.2, 0.25) is 0 Å². The Labute approximate surface area is 109 Å². The Bertz CT molecular complexity index is 421. The standard InChI is InChI=1S/C15H21NO2/c1-4-16(11-12-17)14-7-5-13(6-8-14)9-10-15(2,3)18/h5-8,17-18H,4,11-12H2,1-3H3. The minimum Gasteiger partial charge on any atom is -0.395 e. The molecule has 0 heterocycles. The third-order valence-electron chi connectivity index (χ3n) is 2.50. The zero-order valence-corrected chi connectivity index (χ0v) is 11.3. The Morgan fingerprint density at radius 3 is 2.28 bits per heavy atom. The summed E-state index contributed by atoms with van der Waals surface area (Å²) in [4.78, 5) is 2.09. The molecule has 0 unspecified atom stereocenters. The van der Waals surface area contributed by atoms with Gasteiger partial charge in [0.15, 0.2) is 0 Å². The van der Waals surface area contributed by atoms with Crippen molar-refractivity contribution in [3.05, 3.63) is 29.8 Å². The molecule has 2 N–H and O–H groups in total. The van der Waals surface area contributed by atoms with Gasteiger partial charge in [0.05, 0.1) is 6.61 Å². The first-order chi connectivity index (χ1) is 8.46. The lowest BCUT2D eigenvalue weighted by molar-refractivity contribution is 0.143. The smallest absolute Gasteiger partial charge is 0.120 e. The molecule has 0 atom stereocenters. The van der Waals surface area contributed by atoms with Gasteiger partial charge in [-0.15, -0.1) is 0 Å². The van der Waals surface area contributed by atoms with Gasteiger partial charge in [-0.1, -0.05) is 11.8 Å². The highest BCUT2D eigenvalue weighted by atomic mass is 16.3. The number of rotatable bonds is 4. The molecule has 1 aromatic carbocycles. The van der Waals surface area contributed by atoms with Crippen molar-refractivity contribution in [2.24, 2.45) is 0 Å². The number of hydrogen-bond acceptors (Lipinski definition) is 3. The molecule has 1 rings (SSSR count). The topological polar surface area (TPSA) is 43.7 Å². The van der Waals surface area contributed by atoms with Crippen molar-refractivity contribution in [1.29, 1.82) is 0 Å². The third-order valence-corrected chi connectivity index (χ3v) is 2.50. The molecule has 0 fully saturated rings. The van der Waals surface area contributed by atoms with Gasteiger partial charge in [0.1, 0.15) is 5.60 Å². The monoisotopic (exact) mass is 247 g/mol. The van der Waals surface area contributed by atoms with E-state index in [0.717, 1.165) is 17.8 Å². The van der Waals surface area contributed by atoms with Crippen molar-refractivity contribution in [2.45, 2.75) is 26.4 Å². The minimum absolute atomic E-state index is 0.147. The van der Waals surface area contributed by atoms with E-state index in [2.05, 4.69) is 23.7 Å². The van der Waals surface area contributed by atoms with E-state index in [9.17, 15) is 5.11 Å². The summed E-state index contributed by atoms with van der Waals surface area (Å²) in [7, 11) is 0. The summed E-state index contributed by atoms with van der Waals surface area (Å²) in [5.74, 6) is 5.71. The summed E-state index contributed by atoms with van der Waals surface area (Å²) < 4.78 is 0. The van der Waals surface area contributed by atoms with E-state index < -0.39 is 5.60 Å². The number of benzene rings is 1. The number of aliphatic hydroxyl groups is 2. The summed E-state index contributed by atoms with van der Waals surface area (Å²) in [6.45, 7) is 7.01. The molecule has 0 radical (unpaired) electrons. The van der Waals surface area contributed by atoms with E-state index in [1.54, 1.807) is 13.8 Å². The van der Waals surface area contributed by atoms with E-state index in [1.807, 2.05) is 24.3 Å². The van der Waals surface area contributed by atoms with Gasteiger partial charge in [-0.25, -0.2) is 0 Å². The Morgan fingerprint density at radius 2 is 1.83 bits per heavy atom. The van der Waals surface area contributed by atoms with Crippen LogP contribution >= 0.6 is 0 Å². The zero-order chi connectivity index (χ0) is 13.6. The van der Waals surface area contributed by atoms with Crippen LogP contribution < -0.4 is 4.90 Å². The first-order valence-corrected chi connectivity index (χ1v) is 6.17. The molecular weight excluding hydrogens is 226 g/mol. The van der Waals surface area contributed by atoms with Crippen molar-refractivity contribution in [3.8, 4) is 11.8 Å². The van der Waals surface area contributed by atoms with Gasteiger partial charge in [0, 0.05) is 24.3 Å². The minimum atomic E-state index is -0.967. The molecule has 0 amide bonds. The molecule has 0 spiro atoms. The Morgan fingerprint density at radius 1 is 1.22 bits per heavy atom. The normalized spacial score (nSPS) is 10.7. The Kier molecular flexibility index (Phi) is 5.21. The van der Waals surface area contributed by atoms with Crippen molar-refractivity contribution in [2.75, 3.05) is 24.6 Å². The van der Waals surface area contributed by atoms with Gasteiger partial charge in [-0.3, -0.25) is 0 Å². The molecule has 0 aromatic heterocycles. The summed E-state index contributed by atoms with van der Waals surface area (Å²) in [5, 5.41) is 18.5. The fourth-order valence-electron chi connectivity index (χ4n) is 1.57. The fourth-order valence-corrected chi connectivity index (χ4v) is 1.57. The maximum absolute atomic E-state index is 9.52. The van der Waals surface area contributed by atoms with E-state index in [1.165, 1.54) is 0 Å². The quantitative estimate of drug-likeness (QED) is 0.795. The van der Waals surface area contributed by atoms with Gasteiger partial charge in [-0.05, 0) is 45.0 Å². The van der Waals surface area contributed by atoms with Crippen molar-refractivity contribution < 1.29 is 10.2 Å². The Hall–Kier alpha value is -1.50. The predicted octanol–water partition coefficient (Wildman–Crippen LogP) is 1.63. The summed E-state index contributed by atoms with van der Waals surface area (Å²) in [5.41, 5.74) is 0.978. The maximum atomic E-state index is 9.52. The molecule has 3 nitrogen and oxygen atoms in total. The van der Waals surface area contributed by atoms with Crippen LogP contribution in [-0.4, -0.2) is 35.5 Å². The number of anilines is 1. The lowest BCUT2D eigenvalue weighted by atomic mass is 10.1. The van der Waals surface area contributed by atoms with Gasteiger partial charge in [0.25, 0.3) is 0 Å². The fraction of sp³-hybridized carbons (Fsp3) is 0.467. The van der Waals surface area contributed by atoms with Crippen LogP contribution in [0, 0.1) is 11.8 Å². The number of hydrogen-bond donors (Lipinski definition) is 2. The average molecular weight is 247 g/mol. The second kappa shape index (κ2) is 6.44. The molecule has 0 aliphatic rings. The highest BCUT2D eigenvalue weighted by Crippen LogP contribution is 2.14. The molecule has 98 valence electrons. The van der Waals surface area contributed by atoms with E-state index in [-0.39, 0.29) is 6.61 Å². The average Bonchev–Trinajstić information content (AvgIpc) is 2.33. The summed E-state index contributed by atoms with van der Waals surface area (Å²) >= 11 is 0. The highest BCUT2D eigenvalue weighted by Gasteiger charge is 2.06. The first kappa shape index (κ1) is 14.6. The third kappa shape index (κ3) is 4.79. The SMILES string of the molecule is CCN(CCO)c1ccc(C#CC(C)(C)O)cc1. The van der Waals surface area contributed by atoms with Crippen molar-refractivity contribution >= 4 is 5.69 Å². The number of likely N-dealkylation sites (N-methyl/N-ethyl adjacent to an activating group) is 1. The Balaban J connectivity index is 2.81. The van der Waals surface area contributed by atoms with Crippen LogP contribution in [0.3, 0.4) is 0 Å². The molecule has 18 heavy (non-hydrogen) atoms. The molecule has 0 aliphatic heterocycles. The van der Waals surface area contributed by atoms with Crippen molar-refractivity contribution in [1.82, 2.24) is 0 Å². The van der Waals surface area contributed by atoms with Gasteiger partial charge >= 0.3 is 0 Å². The molecule has 1 aromatic rings. The van der Waals surface area contributed by atoms with Crippen LogP contribution in [0.2, 0.25) is 0 Å². The van der Waals surface area contributed by atoms with Gasteiger partial charge < -0.3 is 15.1 Å². The second-order valence-electron chi connectivity index (χ2n) is 4.66. The predicted molar refractivity (Wildman–Crippen MR) is 74.6 cm³/mol. The second-order valence-corrected chi connectivity index (χ2v) is 4.66. The van der Waals surface area contributed by atoms with Crippen LogP contribution in [0.15, 0.2) is 24.3 Å². The number of aliphatic hydroxyl groups excluding tert-OH is 1. The molecule has 0 saturated heterocycles. The van der Waals surface area contributed by atoms with Crippen LogP contribution in [0.25, 0.3) is 0 Å². The molecule has 0 bridgehead atoms. The maximum Gasteiger partial charge on any atom is 0.120 e. The van der Waals surface area contributed by atoms with Crippen LogP contribution in [0.5, 0.6) is 0 Å². The summed E-state index contributed by atoms with van der Waals surface area (Å²) in [6, 6.07) is 7.81. The highest BCUT2D eigenvalue weighted by molar-refractivity contribution is 5.50. The zero-order valence-electron chi connectivity index (χ0n) is 11.3. The van der Waals surface area contributed by atoms with Gasteiger partial charge in [-0.2, -0.15) is 0 Å². The van der Waals surface area contributed by atoms with Crippen LogP contribution in [0.1, 0.15) is 26.3 Å². The molecule has 0 saturated carbocycles. The van der Waals surface area contributed by atoms with E-state index >= 15 is 0 Å². The molecule has 3 heteroatoms. The van der Waals surface area contributed by atoms with Crippen LogP contribution in [-0.2, 0) is 0 Å². The largest absolute Gasteiger partial charge is 0.395 e. The lowest BCUT2D eigenvalue weighted by Gasteiger charge is -2.21. The summed E-state index contributed by atoms with van der Waals surface area (Å²) in [6.07, 6.45) is 0. The molecule has 0 aliphatic carbocycles. The number of nitrogens with zero attached hydrogens (tertiary/aromatic N) is 1. The van der Waals surface area contributed by atoms with E-state index in [0.29, 0.717) is 6.54 Å². The molecular formula is C15H21NO2. The van der Waals surface area contributed by atoms with E-state index in [4.69, 9.17) is 5.11 Å². The van der Waals surface area contributed by atoms with Crippen LogP contribution in [0.4, 0.5) is 5.69 Å². The van der Waals surface area contributed by atoms with Crippen molar-refractivity contribution in [3.63, 3.8) is 0 Å². The first-order valence-electron chi connectivity index (χ1n) is 6.17.